The normalized spacial score (nSPS) is 16.7. The van der Waals surface area contributed by atoms with Gasteiger partial charge < -0.3 is 14.4 Å². The maximum absolute atomic E-state index is 11.3. The third-order valence-electron chi connectivity index (χ3n) is 2.25. The van der Waals surface area contributed by atoms with Gasteiger partial charge in [-0.05, 0) is 26.0 Å². The second-order valence-electron chi connectivity index (χ2n) is 3.68. The zero-order chi connectivity index (χ0) is 14.8. The summed E-state index contributed by atoms with van der Waals surface area (Å²) in [4.78, 5) is 24.1. The Hall–Kier alpha value is -2.48. The number of hydrogen-bond acceptors (Lipinski definition) is 5. The quantitative estimate of drug-likeness (QED) is 0.336. The van der Waals surface area contributed by atoms with Crippen molar-refractivity contribution in [3.63, 3.8) is 0 Å². The molecule has 1 rings (SSSR count). The monoisotopic (exact) mass is 275 g/mol. The van der Waals surface area contributed by atoms with Crippen molar-refractivity contribution >= 4 is 11.9 Å². The summed E-state index contributed by atoms with van der Waals surface area (Å²) < 4.78 is 9.53. The first kappa shape index (κ1) is 15.6. The van der Waals surface area contributed by atoms with Gasteiger partial charge in [-0.1, -0.05) is 12.0 Å². The van der Waals surface area contributed by atoms with Crippen LogP contribution in [-0.2, 0) is 19.1 Å². The van der Waals surface area contributed by atoms with E-state index in [-0.39, 0.29) is 6.04 Å². The second kappa shape index (κ2) is 8.59. The summed E-state index contributed by atoms with van der Waals surface area (Å²) in [6.45, 7) is 4.07. The summed E-state index contributed by atoms with van der Waals surface area (Å²) in [5.74, 6) is 4.19. The molecule has 1 unspecified atom stereocenters. The Morgan fingerprint density at radius 2 is 2.00 bits per heavy atom. The smallest absolute Gasteiger partial charge is 0.384 e. The molecule has 106 valence electrons. The summed E-state index contributed by atoms with van der Waals surface area (Å²) in [7, 11) is 0. The van der Waals surface area contributed by atoms with E-state index in [0.29, 0.717) is 13.2 Å². The minimum Gasteiger partial charge on any atom is -0.463 e. The molecule has 0 saturated carbocycles. The summed E-state index contributed by atoms with van der Waals surface area (Å²) in [6, 6.07) is -0.324. The van der Waals surface area contributed by atoms with Gasteiger partial charge in [0.2, 0.25) is 0 Å². The van der Waals surface area contributed by atoms with E-state index in [1.807, 2.05) is 12.2 Å². The molecule has 0 N–H and O–H groups in total. The van der Waals surface area contributed by atoms with Crippen molar-refractivity contribution in [2.45, 2.75) is 19.9 Å². The number of carbonyl (C=O) groups excluding carboxylic acids is 2. The lowest BCUT2D eigenvalue weighted by Crippen LogP contribution is -2.24. The Labute approximate surface area is 118 Å². The van der Waals surface area contributed by atoms with Gasteiger partial charge in [-0.2, -0.15) is 0 Å². The van der Waals surface area contributed by atoms with Gasteiger partial charge in [0.25, 0.3) is 0 Å². The predicted molar refractivity (Wildman–Crippen MR) is 74.1 cm³/mol. The molecule has 1 aliphatic rings. The van der Waals surface area contributed by atoms with Gasteiger partial charge in [-0.25, -0.2) is 9.59 Å². The van der Waals surface area contributed by atoms with E-state index in [4.69, 9.17) is 9.47 Å². The molecule has 0 amide bonds. The molecule has 5 heteroatoms. The third kappa shape index (κ3) is 5.44. The van der Waals surface area contributed by atoms with Crippen molar-refractivity contribution in [3.05, 3.63) is 36.7 Å². The van der Waals surface area contributed by atoms with Crippen molar-refractivity contribution in [3.8, 4) is 11.8 Å². The van der Waals surface area contributed by atoms with Crippen molar-refractivity contribution < 1.29 is 19.1 Å². The van der Waals surface area contributed by atoms with Crippen LogP contribution in [0, 0.1) is 11.8 Å². The van der Waals surface area contributed by atoms with E-state index in [1.165, 1.54) is 6.08 Å². The van der Waals surface area contributed by atoms with Crippen molar-refractivity contribution in [1.82, 2.24) is 4.90 Å². The first-order chi connectivity index (χ1) is 9.67. The molecule has 0 aliphatic carbocycles. The number of allylic oxidation sites excluding steroid dienone is 2. The van der Waals surface area contributed by atoms with Crippen LogP contribution in [0.15, 0.2) is 36.7 Å². The van der Waals surface area contributed by atoms with E-state index < -0.39 is 11.9 Å². The Bertz CT molecular complexity index is 494. The summed E-state index contributed by atoms with van der Waals surface area (Å²) >= 11 is 0. The van der Waals surface area contributed by atoms with E-state index in [1.54, 1.807) is 37.2 Å². The molecular weight excluding hydrogens is 258 g/mol. The number of esters is 2. The zero-order valence-electron chi connectivity index (χ0n) is 11.5. The maximum atomic E-state index is 11.3. The van der Waals surface area contributed by atoms with Gasteiger partial charge in [0.1, 0.15) is 6.04 Å². The highest BCUT2D eigenvalue weighted by Crippen LogP contribution is 2.08. The number of rotatable bonds is 4. The minimum atomic E-state index is -0.565. The Balaban J connectivity index is 2.69. The van der Waals surface area contributed by atoms with Crippen LogP contribution in [0.4, 0.5) is 0 Å². The highest BCUT2D eigenvalue weighted by atomic mass is 16.5. The highest BCUT2D eigenvalue weighted by molar-refractivity contribution is 5.88. The fraction of sp³-hybridized carbons (Fsp3) is 0.333. The van der Waals surface area contributed by atoms with Crippen LogP contribution in [0.2, 0.25) is 0 Å². The topological polar surface area (TPSA) is 55.8 Å². The third-order valence-corrected chi connectivity index (χ3v) is 2.25. The standard InChI is InChI=1S/C15H17NO4/c1-3-19-14(17)9-8-13-7-5-6-11-16(13)12-10-15(18)20-4-2/h5-7,10-13H,3-4H2,1-2H3/b12-10+. The van der Waals surface area contributed by atoms with E-state index in [9.17, 15) is 9.59 Å². The first-order valence-electron chi connectivity index (χ1n) is 6.33. The van der Waals surface area contributed by atoms with E-state index in [0.717, 1.165) is 0 Å². The number of carbonyl (C=O) groups is 2. The fourth-order valence-corrected chi connectivity index (χ4v) is 1.41. The van der Waals surface area contributed by atoms with Crippen LogP contribution in [0.25, 0.3) is 0 Å². The summed E-state index contributed by atoms with van der Waals surface area (Å²) in [6.07, 6.45) is 10.0. The average molecular weight is 275 g/mol. The Morgan fingerprint density at radius 1 is 1.25 bits per heavy atom. The lowest BCUT2D eigenvalue weighted by atomic mass is 10.2. The molecule has 1 atom stereocenters. The largest absolute Gasteiger partial charge is 0.463 e. The summed E-state index contributed by atoms with van der Waals surface area (Å²) in [5, 5.41) is 0. The van der Waals surface area contributed by atoms with Crippen molar-refractivity contribution in [2.24, 2.45) is 0 Å². The molecule has 1 aliphatic heterocycles. The molecule has 0 saturated heterocycles. The van der Waals surface area contributed by atoms with Crippen LogP contribution in [0.1, 0.15) is 13.8 Å². The van der Waals surface area contributed by atoms with Crippen molar-refractivity contribution in [2.75, 3.05) is 13.2 Å². The number of ether oxygens (including phenoxy) is 2. The van der Waals surface area contributed by atoms with Crippen LogP contribution >= 0.6 is 0 Å². The molecule has 5 nitrogen and oxygen atoms in total. The lowest BCUT2D eigenvalue weighted by molar-refractivity contribution is -0.137. The highest BCUT2D eigenvalue weighted by Gasteiger charge is 2.10. The van der Waals surface area contributed by atoms with Crippen LogP contribution < -0.4 is 0 Å². The SMILES string of the molecule is CCOC(=O)C#CC1C=CC=CN1/C=C/C(=O)OCC. The fourth-order valence-electron chi connectivity index (χ4n) is 1.41. The predicted octanol–water partition coefficient (Wildman–Crippen LogP) is 1.38. The van der Waals surface area contributed by atoms with Gasteiger partial charge in [0, 0.05) is 24.4 Å². The average Bonchev–Trinajstić information content (AvgIpc) is 2.44. The van der Waals surface area contributed by atoms with E-state index in [2.05, 4.69) is 11.8 Å². The Morgan fingerprint density at radius 3 is 2.70 bits per heavy atom. The maximum Gasteiger partial charge on any atom is 0.384 e. The first-order valence-corrected chi connectivity index (χ1v) is 6.33. The van der Waals surface area contributed by atoms with Crippen LogP contribution in [0.5, 0.6) is 0 Å². The zero-order valence-corrected chi connectivity index (χ0v) is 11.5. The minimum absolute atomic E-state index is 0.292. The summed E-state index contributed by atoms with van der Waals surface area (Å²) in [5.41, 5.74) is 0. The molecule has 0 bridgehead atoms. The van der Waals surface area contributed by atoms with Gasteiger partial charge in [0.05, 0.1) is 13.2 Å². The molecular formula is C15H17NO4. The molecule has 0 aromatic rings. The van der Waals surface area contributed by atoms with Gasteiger partial charge in [-0.3, -0.25) is 0 Å². The Kier molecular flexibility index (Phi) is 6.69. The molecule has 1 heterocycles. The number of nitrogens with zero attached hydrogens (tertiary/aromatic N) is 1. The number of hydrogen-bond donors (Lipinski definition) is 0. The van der Waals surface area contributed by atoms with Crippen LogP contribution in [-0.4, -0.2) is 36.1 Å². The van der Waals surface area contributed by atoms with Gasteiger partial charge in [0.15, 0.2) is 0 Å². The molecule has 0 aromatic carbocycles. The molecule has 0 fully saturated rings. The van der Waals surface area contributed by atoms with E-state index >= 15 is 0 Å². The van der Waals surface area contributed by atoms with Gasteiger partial charge >= 0.3 is 11.9 Å². The molecule has 20 heavy (non-hydrogen) atoms. The van der Waals surface area contributed by atoms with Crippen LogP contribution in [0.3, 0.4) is 0 Å². The molecule has 0 radical (unpaired) electrons. The lowest BCUT2D eigenvalue weighted by Gasteiger charge is -2.22. The molecule has 0 aromatic heterocycles. The van der Waals surface area contributed by atoms with Gasteiger partial charge in [-0.15, -0.1) is 0 Å². The second-order valence-corrected chi connectivity index (χ2v) is 3.68. The van der Waals surface area contributed by atoms with Crippen molar-refractivity contribution in [1.29, 1.82) is 0 Å². The molecule has 0 spiro atoms.